The fraction of sp³-hybridized carbons (Fsp3) is 0.769. The van der Waals surface area contributed by atoms with E-state index < -0.39 is 0 Å². The van der Waals surface area contributed by atoms with Crippen LogP contribution in [0.2, 0.25) is 0 Å². The number of methoxy groups -OCH3 is 1. The van der Waals surface area contributed by atoms with Gasteiger partial charge in [0.15, 0.2) is 0 Å². The smallest absolute Gasteiger partial charge is 0.107 e. The molecule has 0 aromatic carbocycles. The lowest BCUT2D eigenvalue weighted by Gasteiger charge is -2.51. The summed E-state index contributed by atoms with van der Waals surface area (Å²) in [7, 11) is 1.80. The number of nitrogens with one attached hydrogen (secondary N) is 1. The standard InChI is InChI=1S/C13H22N2OS/c1-8-9(2)17-12(15-8)7-14-10-6-11(16-5)13(10,3)4/h10-11,14H,6-7H2,1-5H3. The highest BCUT2D eigenvalue weighted by atomic mass is 32.1. The molecule has 4 heteroatoms. The zero-order chi connectivity index (χ0) is 12.6. The molecule has 0 saturated heterocycles. The predicted molar refractivity (Wildman–Crippen MR) is 71.4 cm³/mol. The van der Waals surface area contributed by atoms with E-state index in [1.54, 1.807) is 18.4 Å². The Morgan fingerprint density at radius 3 is 2.65 bits per heavy atom. The molecule has 2 unspecified atom stereocenters. The van der Waals surface area contributed by atoms with Gasteiger partial charge >= 0.3 is 0 Å². The molecular formula is C13H22N2OS. The molecule has 1 aliphatic rings. The van der Waals surface area contributed by atoms with Crippen LogP contribution in [0.25, 0.3) is 0 Å². The van der Waals surface area contributed by atoms with Gasteiger partial charge in [0.25, 0.3) is 0 Å². The van der Waals surface area contributed by atoms with Gasteiger partial charge in [-0.05, 0) is 20.3 Å². The molecule has 1 heterocycles. The van der Waals surface area contributed by atoms with Crippen molar-refractivity contribution in [1.29, 1.82) is 0 Å². The van der Waals surface area contributed by atoms with E-state index in [1.165, 1.54) is 9.88 Å². The van der Waals surface area contributed by atoms with Crippen molar-refractivity contribution >= 4 is 11.3 Å². The number of thiazole rings is 1. The normalized spacial score (nSPS) is 26.9. The van der Waals surface area contributed by atoms with Gasteiger partial charge in [0.2, 0.25) is 0 Å². The van der Waals surface area contributed by atoms with E-state index in [1.807, 2.05) is 0 Å². The third-order valence-corrected chi connectivity index (χ3v) is 5.11. The summed E-state index contributed by atoms with van der Waals surface area (Å²) in [5.41, 5.74) is 1.39. The molecule has 0 spiro atoms. The molecule has 2 atom stereocenters. The SMILES string of the molecule is COC1CC(NCc2nc(C)c(C)s2)C1(C)C. The lowest BCUT2D eigenvalue weighted by Crippen LogP contribution is -2.60. The quantitative estimate of drug-likeness (QED) is 0.897. The summed E-state index contributed by atoms with van der Waals surface area (Å²) in [5.74, 6) is 0. The number of aryl methyl sites for hydroxylation is 2. The fourth-order valence-corrected chi connectivity index (χ4v) is 3.34. The highest BCUT2D eigenvalue weighted by molar-refractivity contribution is 7.11. The molecule has 2 rings (SSSR count). The Kier molecular flexibility index (Phi) is 3.57. The van der Waals surface area contributed by atoms with Crippen LogP contribution in [0.4, 0.5) is 0 Å². The van der Waals surface area contributed by atoms with Crippen LogP contribution in [0.1, 0.15) is 35.8 Å². The van der Waals surface area contributed by atoms with Gasteiger partial charge in [0.05, 0.1) is 11.8 Å². The van der Waals surface area contributed by atoms with Crippen LogP contribution in [-0.4, -0.2) is 24.2 Å². The molecule has 1 aliphatic carbocycles. The average molecular weight is 254 g/mol. The largest absolute Gasteiger partial charge is 0.381 e. The number of aromatic nitrogens is 1. The maximum Gasteiger partial charge on any atom is 0.107 e. The summed E-state index contributed by atoms with van der Waals surface area (Å²) >= 11 is 1.79. The maximum absolute atomic E-state index is 5.45. The van der Waals surface area contributed by atoms with Crippen molar-refractivity contribution < 1.29 is 4.74 Å². The molecule has 1 fully saturated rings. The maximum atomic E-state index is 5.45. The van der Waals surface area contributed by atoms with E-state index in [-0.39, 0.29) is 5.41 Å². The molecule has 0 amide bonds. The third kappa shape index (κ3) is 2.39. The van der Waals surface area contributed by atoms with Crippen LogP contribution in [0.15, 0.2) is 0 Å². The second-order valence-electron chi connectivity index (χ2n) is 5.46. The molecule has 96 valence electrons. The molecule has 17 heavy (non-hydrogen) atoms. The minimum atomic E-state index is 0.232. The number of ether oxygens (including phenoxy) is 1. The van der Waals surface area contributed by atoms with Crippen molar-refractivity contribution in [3.8, 4) is 0 Å². The number of hydrogen-bond donors (Lipinski definition) is 1. The van der Waals surface area contributed by atoms with Gasteiger partial charge in [0, 0.05) is 30.0 Å². The van der Waals surface area contributed by atoms with E-state index in [2.05, 4.69) is 38.0 Å². The molecule has 3 nitrogen and oxygen atoms in total. The summed E-state index contributed by atoms with van der Waals surface area (Å²) in [4.78, 5) is 5.88. The van der Waals surface area contributed by atoms with Crippen LogP contribution in [0, 0.1) is 19.3 Å². The van der Waals surface area contributed by atoms with Crippen molar-refractivity contribution in [3.63, 3.8) is 0 Å². The Balaban J connectivity index is 1.88. The third-order valence-electron chi connectivity index (χ3n) is 4.03. The summed E-state index contributed by atoms with van der Waals surface area (Å²) in [6.07, 6.45) is 1.49. The Labute approximate surface area is 108 Å². The van der Waals surface area contributed by atoms with E-state index in [0.29, 0.717) is 12.1 Å². The van der Waals surface area contributed by atoms with Crippen LogP contribution in [0.3, 0.4) is 0 Å². The molecule has 1 N–H and O–H groups in total. The van der Waals surface area contributed by atoms with Crippen LogP contribution >= 0.6 is 11.3 Å². The minimum Gasteiger partial charge on any atom is -0.381 e. The number of rotatable bonds is 4. The zero-order valence-electron chi connectivity index (χ0n) is 11.3. The number of nitrogens with zero attached hydrogens (tertiary/aromatic N) is 1. The minimum absolute atomic E-state index is 0.232. The topological polar surface area (TPSA) is 34.1 Å². The van der Waals surface area contributed by atoms with Crippen LogP contribution in [-0.2, 0) is 11.3 Å². The van der Waals surface area contributed by atoms with Crippen molar-refractivity contribution in [2.24, 2.45) is 5.41 Å². The first-order valence-electron chi connectivity index (χ1n) is 6.14. The van der Waals surface area contributed by atoms with Crippen LogP contribution < -0.4 is 5.32 Å². The zero-order valence-corrected chi connectivity index (χ0v) is 12.1. The Hall–Kier alpha value is -0.450. The Bertz CT molecular complexity index is 381. The van der Waals surface area contributed by atoms with E-state index in [4.69, 9.17) is 4.74 Å². The molecule has 0 radical (unpaired) electrons. The first-order chi connectivity index (χ1) is 7.95. The molecule has 0 aliphatic heterocycles. The van der Waals surface area contributed by atoms with Crippen molar-refractivity contribution in [3.05, 3.63) is 15.6 Å². The molecule has 1 aromatic heterocycles. The summed E-state index contributed by atoms with van der Waals surface area (Å²) < 4.78 is 5.45. The molecule has 1 aromatic rings. The number of hydrogen-bond acceptors (Lipinski definition) is 4. The second-order valence-corrected chi connectivity index (χ2v) is 6.75. The first kappa shape index (κ1) is 13.0. The van der Waals surface area contributed by atoms with E-state index >= 15 is 0 Å². The molecular weight excluding hydrogens is 232 g/mol. The van der Waals surface area contributed by atoms with Gasteiger partial charge < -0.3 is 10.1 Å². The molecule has 0 bridgehead atoms. The lowest BCUT2D eigenvalue weighted by atomic mass is 9.64. The summed E-state index contributed by atoms with van der Waals surface area (Å²) in [6.45, 7) is 9.61. The van der Waals surface area contributed by atoms with Crippen molar-refractivity contribution in [2.45, 2.75) is 52.8 Å². The van der Waals surface area contributed by atoms with E-state index in [0.717, 1.165) is 18.7 Å². The van der Waals surface area contributed by atoms with Gasteiger partial charge in [-0.25, -0.2) is 4.98 Å². The summed E-state index contributed by atoms with van der Waals surface area (Å²) in [5, 5.41) is 4.79. The first-order valence-corrected chi connectivity index (χ1v) is 6.96. The molecule has 1 saturated carbocycles. The Morgan fingerprint density at radius 2 is 2.18 bits per heavy atom. The van der Waals surface area contributed by atoms with E-state index in [9.17, 15) is 0 Å². The average Bonchev–Trinajstić information content (AvgIpc) is 2.57. The second kappa shape index (κ2) is 4.67. The lowest BCUT2D eigenvalue weighted by molar-refractivity contribution is -0.0979. The van der Waals surface area contributed by atoms with Gasteiger partial charge in [-0.2, -0.15) is 0 Å². The fourth-order valence-electron chi connectivity index (χ4n) is 2.46. The Morgan fingerprint density at radius 1 is 1.47 bits per heavy atom. The highest BCUT2D eigenvalue weighted by Crippen LogP contribution is 2.42. The monoisotopic (exact) mass is 254 g/mol. The van der Waals surface area contributed by atoms with Gasteiger partial charge in [-0.1, -0.05) is 13.8 Å². The summed E-state index contributed by atoms with van der Waals surface area (Å²) in [6, 6.07) is 0.539. The van der Waals surface area contributed by atoms with Crippen molar-refractivity contribution in [2.75, 3.05) is 7.11 Å². The highest BCUT2D eigenvalue weighted by Gasteiger charge is 2.48. The van der Waals surface area contributed by atoms with Gasteiger partial charge in [0.1, 0.15) is 5.01 Å². The predicted octanol–water partition coefficient (Wildman–Crippen LogP) is 2.66. The van der Waals surface area contributed by atoms with Gasteiger partial charge in [-0.3, -0.25) is 0 Å². The van der Waals surface area contributed by atoms with Crippen molar-refractivity contribution in [1.82, 2.24) is 10.3 Å². The van der Waals surface area contributed by atoms with Gasteiger partial charge in [-0.15, -0.1) is 11.3 Å². The van der Waals surface area contributed by atoms with Crippen LogP contribution in [0.5, 0.6) is 0 Å².